The first-order valence-electron chi connectivity index (χ1n) is 9.32. The summed E-state index contributed by atoms with van der Waals surface area (Å²) in [6, 6.07) is 15.4. The van der Waals surface area contributed by atoms with Gasteiger partial charge in [0.15, 0.2) is 0 Å². The van der Waals surface area contributed by atoms with Gasteiger partial charge >= 0.3 is 0 Å². The monoisotopic (exact) mass is 324 g/mol. The van der Waals surface area contributed by atoms with E-state index in [-0.39, 0.29) is 0 Å². The molecule has 0 aliphatic carbocycles. The fourth-order valence-electron chi connectivity index (χ4n) is 3.28. The van der Waals surface area contributed by atoms with Gasteiger partial charge in [-0.15, -0.1) is 0 Å². The molecule has 1 unspecified atom stereocenters. The maximum absolute atomic E-state index is 3.68. The summed E-state index contributed by atoms with van der Waals surface area (Å²) in [6.45, 7) is 12.0. The third-order valence-electron chi connectivity index (χ3n) is 4.81. The molecule has 2 aromatic carbocycles. The van der Waals surface area contributed by atoms with E-state index in [1.807, 2.05) is 0 Å². The van der Waals surface area contributed by atoms with Gasteiger partial charge in [0.2, 0.25) is 0 Å². The van der Waals surface area contributed by atoms with Gasteiger partial charge in [-0.1, -0.05) is 68.5 Å². The zero-order chi connectivity index (χ0) is 17.2. The third kappa shape index (κ3) is 5.19. The molecular weight excluding hydrogens is 292 g/mol. The lowest BCUT2D eigenvalue weighted by Crippen LogP contribution is -2.33. The van der Waals surface area contributed by atoms with E-state index in [0.29, 0.717) is 5.92 Å². The van der Waals surface area contributed by atoms with Crippen LogP contribution in [-0.4, -0.2) is 37.6 Å². The van der Waals surface area contributed by atoms with E-state index in [9.17, 15) is 0 Å². The summed E-state index contributed by atoms with van der Waals surface area (Å²) in [5, 5.41) is 6.41. The molecule has 0 saturated carbocycles. The molecule has 1 atom stereocenters. The van der Waals surface area contributed by atoms with Gasteiger partial charge in [-0.05, 0) is 42.8 Å². The van der Waals surface area contributed by atoms with Crippen LogP contribution in [0.4, 0.5) is 0 Å². The Balaban J connectivity index is 2.07. The summed E-state index contributed by atoms with van der Waals surface area (Å²) >= 11 is 0. The quantitative estimate of drug-likeness (QED) is 0.498. The predicted molar refractivity (Wildman–Crippen MR) is 107 cm³/mol. The molecule has 0 radical (unpaired) electrons. The van der Waals surface area contributed by atoms with Gasteiger partial charge in [0.05, 0.1) is 0 Å². The Morgan fingerprint density at radius 1 is 1.04 bits per heavy atom. The molecule has 0 heterocycles. The van der Waals surface area contributed by atoms with Crippen LogP contribution in [0.1, 0.15) is 38.7 Å². The Morgan fingerprint density at radius 2 is 1.79 bits per heavy atom. The van der Waals surface area contributed by atoms with E-state index in [2.05, 4.69) is 85.6 Å². The van der Waals surface area contributed by atoms with Crippen molar-refractivity contribution in [2.24, 2.45) is 0 Å². The molecule has 0 spiro atoms. The highest BCUT2D eigenvalue weighted by atomic mass is 15.1. The van der Waals surface area contributed by atoms with E-state index in [1.54, 1.807) is 0 Å². The standard InChI is InChI=1S/C22H32N2/c1-4-7-11-20(18-23-16-17-24(5-2)6-3)22-15-10-13-19-12-8-9-14-21(19)22/h4,7-10,12-15,20,23H,5-6,11,16-18H2,1-3H3/b7-4+. The highest BCUT2D eigenvalue weighted by Gasteiger charge is 2.13. The second-order valence-electron chi connectivity index (χ2n) is 6.30. The van der Waals surface area contributed by atoms with Crippen molar-refractivity contribution in [1.82, 2.24) is 10.2 Å². The van der Waals surface area contributed by atoms with Gasteiger partial charge in [-0.2, -0.15) is 0 Å². The van der Waals surface area contributed by atoms with E-state index < -0.39 is 0 Å². The first-order chi connectivity index (χ1) is 11.8. The second-order valence-corrected chi connectivity index (χ2v) is 6.30. The summed E-state index contributed by atoms with van der Waals surface area (Å²) < 4.78 is 0. The molecule has 2 nitrogen and oxygen atoms in total. The molecule has 2 heteroatoms. The SMILES string of the molecule is C/C=C/CC(CNCCN(CC)CC)c1cccc2ccccc12. The van der Waals surface area contributed by atoms with Crippen molar-refractivity contribution < 1.29 is 0 Å². The Morgan fingerprint density at radius 3 is 2.54 bits per heavy atom. The van der Waals surface area contributed by atoms with Crippen LogP contribution in [0.2, 0.25) is 0 Å². The molecule has 0 saturated heterocycles. The molecule has 0 aromatic heterocycles. The van der Waals surface area contributed by atoms with E-state index >= 15 is 0 Å². The van der Waals surface area contributed by atoms with Crippen LogP contribution in [0.25, 0.3) is 10.8 Å². The lowest BCUT2D eigenvalue weighted by Gasteiger charge is -2.21. The smallest absolute Gasteiger partial charge is 0.0107 e. The molecule has 0 fully saturated rings. The minimum atomic E-state index is 0.518. The zero-order valence-corrected chi connectivity index (χ0v) is 15.5. The topological polar surface area (TPSA) is 15.3 Å². The summed E-state index contributed by atoms with van der Waals surface area (Å²) in [7, 11) is 0. The molecular formula is C22H32N2. The van der Waals surface area contributed by atoms with Crippen molar-refractivity contribution in [1.29, 1.82) is 0 Å². The Kier molecular flexibility index (Phi) is 8.00. The van der Waals surface area contributed by atoms with E-state index in [0.717, 1.165) is 39.1 Å². The van der Waals surface area contributed by atoms with Crippen molar-refractivity contribution in [2.75, 3.05) is 32.7 Å². The minimum Gasteiger partial charge on any atom is -0.315 e. The molecule has 130 valence electrons. The molecule has 1 N–H and O–H groups in total. The molecule has 2 aromatic rings. The number of hydrogen-bond donors (Lipinski definition) is 1. The highest BCUT2D eigenvalue weighted by Crippen LogP contribution is 2.28. The summed E-state index contributed by atoms with van der Waals surface area (Å²) in [5.41, 5.74) is 1.46. The largest absolute Gasteiger partial charge is 0.315 e. The van der Waals surface area contributed by atoms with Crippen LogP contribution < -0.4 is 5.32 Å². The van der Waals surface area contributed by atoms with E-state index in [1.165, 1.54) is 16.3 Å². The number of nitrogens with one attached hydrogen (secondary N) is 1. The van der Waals surface area contributed by atoms with Crippen LogP contribution in [0.5, 0.6) is 0 Å². The Bertz CT molecular complexity index is 623. The van der Waals surface area contributed by atoms with Crippen molar-refractivity contribution in [2.45, 2.75) is 33.1 Å². The fourth-order valence-corrected chi connectivity index (χ4v) is 3.28. The number of fused-ring (bicyclic) bond motifs is 1. The molecule has 24 heavy (non-hydrogen) atoms. The molecule has 2 rings (SSSR count). The molecule has 0 amide bonds. The first-order valence-corrected chi connectivity index (χ1v) is 9.32. The van der Waals surface area contributed by atoms with E-state index in [4.69, 9.17) is 0 Å². The van der Waals surface area contributed by atoms with Crippen LogP contribution in [-0.2, 0) is 0 Å². The first kappa shape index (κ1) is 18.7. The molecule has 0 aliphatic heterocycles. The van der Waals surface area contributed by atoms with Crippen LogP contribution in [0.15, 0.2) is 54.6 Å². The normalized spacial score (nSPS) is 13.2. The van der Waals surface area contributed by atoms with Crippen LogP contribution in [0, 0.1) is 0 Å². The van der Waals surface area contributed by atoms with Crippen molar-refractivity contribution in [3.05, 3.63) is 60.2 Å². The second kappa shape index (κ2) is 10.3. The highest BCUT2D eigenvalue weighted by molar-refractivity contribution is 5.86. The molecule has 0 aliphatic rings. The predicted octanol–water partition coefficient (Wildman–Crippen LogP) is 4.82. The number of allylic oxidation sites excluding steroid dienone is 2. The van der Waals surface area contributed by atoms with Gasteiger partial charge in [-0.25, -0.2) is 0 Å². The zero-order valence-electron chi connectivity index (χ0n) is 15.5. The summed E-state index contributed by atoms with van der Waals surface area (Å²) in [6.07, 6.45) is 5.54. The average Bonchev–Trinajstić information content (AvgIpc) is 2.64. The van der Waals surface area contributed by atoms with Gasteiger partial charge in [0, 0.05) is 25.6 Å². The third-order valence-corrected chi connectivity index (χ3v) is 4.81. The Hall–Kier alpha value is -1.64. The lowest BCUT2D eigenvalue weighted by atomic mass is 9.90. The van der Waals surface area contributed by atoms with Crippen molar-refractivity contribution in [3.8, 4) is 0 Å². The van der Waals surface area contributed by atoms with Gasteiger partial charge in [0.25, 0.3) is 0 Å². The van der Waals surface area contributed by atoms with Crippen LogP contribution in [0.3, 0.4) is 0 Å². The Labute approximate surface area is 147 Å². The van der Waals surface area contributed by atoms with Crippen molar-refractivity contribution >= 4 is 10.8 Å². The summed E-state index contributed by atoms with van der Waals surface area (Å²) in [5.74, 6) is 0.518. The van der Waals surface area contributed by atoms with Crippen molar-refractivity contribution in [3.63, 3.8) is 0 Å². The van der Waals surface area contributed by atoms with Crippen LogP contribution >= 0.6 is 0 Å². The maximum atomic E-state index is 3.68. The molecule has 0 bridgehead atoms. The van der Waals surface area contributed by atoms with Gasteiger partial charge < -0.3 is 10.2 Å². The maximum Gasteiger partial charge on any atom is 0.0107 e. The number of nitrogens with zero attached hydrogens (tertiary/aromatic N) is 1. The van der Waals surface area contributed by atoms with Gasteiger partial charge in [0.1, 0.15) is 0 Å². The summed E-state index contributed by atoms with van der Waals surface area (Å²) in [4.78, 5) is 2.46. The average molecular weight is 325 g/mol. The number of benzene rings is 2. The number of rotatable bonds is 10. The number of likely N-dealkylation sites (N-methyl/N-ethyl adjacent to an activating group) is 1. The number of hydrogen-bond acceptors (Lipinski definition) is 2. The van der Waals surface area contributed by atoms with Gasteiger partial charge in [-0.3, -0.25) is 0 Å². The minimum absolute atomic E-state index is 0.518. The lowest BCUT2D eigenvalue weighted by molar-refractivity contribution is 0.301. The fraction of sp³-hybridized carbons (Fsp3) is 0.455.